The molecule has 5 heterocycles. The summed E-state index contributed by atoms with van der Waals surface area (Å²) in [4.78, 5) is 29.0. The van der Waals surface area contributed by atoms with Crippen molar-refractivity contribution < 1.29 is 4.39 Å². The van der Waals surface area contributed by atoms with E-state index in [0.29, 0.717) is 23.6 Å². The number of piperazine rings is 1. The van der Waals surface area contributed by atoms with E-state index in [1.54, 1.807) is 41.5 Å². The monoisotopic (exact) mass is 514 g/mol. The summed E-state index contributed by atoms with van der Waals surface area (Å²) < 4.78 is 20.8. The third-order valence-corrected chi connectivity index (χ3v) is 7.19. The molecule has 9 nitrogen and oxygen atoms in total. The van der Waals surface area contributed by atoms with E-state index < -0.39 is 0 Å². The Hall–Kier alpha value is -4.22. The third-order valence-electron chi connectivity index (χ3n) is 6.30. The number of fused-ring (bicyclic) bond motifs is 1. The third kappa shape index (κ3) is 4.78. The molecule has 11 heteroatoms. The van der Waals surface area contributed by atoms with Gasteiger partial charge in [-0.15, -0.1) is 0 Å². The van der Waals surface area contributed by atoms with Crippen molar-refractivity contribution >= 4 is 39.9 Å². The highest BCUT2D eigenvalue weighted by molar-refractivity contribution is 7.09. The van der Waals surface area contributed by atoms with Gasteiger partial charge in [0.1, 0.15) is 11.5 Å². The van der Waals surface area contributed by atoms with Crippen molar-refractivity contribution in [2.75, 3.05) is 36.4 Å². The van der Waals surface area contributed by atoms with Gasteiger partial charge in [0, 0.05) is 73.7 Å². The van der Waals surface area contributed by atoms with Crippen molar-refractivity contribution in [2.24, 2.45) is 0 Å². The van der Waals surface area contributed by atoms with Crippen LogP contribution >= 0.6 is 11.5 Å². The highest BCUT2D eigenvalue weighted by atomic mass is 32.1. The quantitative estimate of drug-likeness (QED) is 0.354. The van der Waals surface area contributed by atoms with Crippen molar-refractivity contribution in [3.8, 4) is 10.4 Å². The molecule has 186 valence electrons. The number of rotatable bonds is 6. The average molecular weight is 515 g/mol. The van der Waals surface area contributed by atoms with Crippen molar-refractivity contribution in [1.82, 2.24) is 29.2 Å². The molecule has 0 atom stereocenters. The summed E-state index contributed by atoms with van der Waals surface area (Å²) in [5.41, 5.74) is 3.30. The van der Waals surface area contributed by atoms with Gasteiger partial charge in [-0.1, -0.05) is 0 Å². The van der Waals surface area contributed by atoms with Gasteiger partial charge in [-0.25, -0.2) is 13.7 Å². The summed E-state index contributed by atoms with van der Waals surface area (Å²) in [5.74, 6) is -0.0304. The average Bonchev–Trinajstić information content (AvgIpc) is 3.40. The van der Waals surface area contributed by atoms with Gasteiger partial charge in [0.05, 0.1) is 17.1 Å². The summed E-state index contributed by atoms with van der Waals surface area (Å²) in [6.07, 6.45) is 6.89. The number of nitrogens with one attached hydrogen (secondary N) is 2. The number of halogens is 1. The Labute approximate surface area is 215 Å². The predicted molar refractivity (Wildman–Crippen MR) is 143 cm³/mol. The minimum atomic E-state index is -0.307. The number of nitrogens with zero attached hydrogens (tertiary/aromatic N) is 6. The second kappa shape index (κ2) is 10.0. The molecule has 1 aliphatic rings. The molecule has 1 aromatic carbocycles. The second-order valence-corrected chi connectivity index (χ2v) is 9.48. The molecule has 1 fully saturated rings. The number of benzene rings is 1. The highest BCUT2D eigenvalue weighted by Crippen LogP contribution is 2.28. The van der Waals surface area contributed by atoms with Crippen molar-refractivity contribution in [1.29, 1.82) is 0 Å². The van der Waals surface area contributed by atoms with Gasteiger partial charge < -0.3 is 15.5 Å². The van der Waals surface area contributed by atoms with Gasteiger partial charge in [0.25, 0.3) is 5.56 Å². The molecule has 1 aliphatic heterocycles. The number of hydrogen-bond donors (Lipinski definition) is 2. The van der Waals surface area contributed by atoms with E-state index in [0.717, 1.165) is 47.6 Å². The first-order chi connectivity index (χ1) is 18.2. The van der Waals surface area contributed by atoms with Gasteiger partial charge >= 0.3 is 0 Å². The van der Waals surface area contributed by atoms with Crippen LogP contribution in [0.3, 0.4) is 0 Å². The van der Waals surface area contributed by atoms with Gasteiger partial charge in [0.15, 0.2) is 0 Å². The Bertz CT molecular complexity index is 1610. The molecule has 0 bridgehead atoms. The molecule has 37 heavy (non-hydrogen) atoms. The molecule has 0 saturated carbocycles. The van der Waals surface area contributed by atoms with Gasteiger partial charge in [-0.3, -0.25) is 14.3 Å². The van der Waals surface area contributed by atoms with Crippen LogP contribution in [0.4, 0.5) is 21.7 Å². The van der Waals surface area contributed by atoms with Gasteiger partial charge in [0.2, 0.25) is 5.95 Å². The predicted octanol–water partition coefficient (Wildman–Crippen LogP) is 3.65. The second-order valence-electron chi connectivity index (χ2n) is 8.67. The van der Waals surface area contributed by atoms with E-state index in [4.69, 9.17) is 0 Å². The lowest BCUT2D eigenvalue weighted by Crippen LogP contribution is -2.43. The first kappa shape index (κ1) is 23.2. The van der Waals surface area contributed by atoms with Crippen LogP contribution in [0, 0.1) is 5.82 Å². The molecule has 0 spiro atoms. The van der Waals surface area contributed by atoms with Gasteiger partial charge in [-0.2, -0.15) is 4.98 Å². The van der Waals surface area contributed by atoms with Crippen LogP contribution in [0.5, 0.6) is 0 Å². The number of hydrogen-bond acceptors (Lipinski definition) is 9. The highest BCUT2D eigenvalue weighted by Gasteiger charge is 2.16. The van der Waals surface area contributed by atoms with Crippen LogP contribution in [0.15, 0.2) is 72.0 Å². The van der Waals surface area contributed by atoms with Crippen LogP contribution in [0.1, 0.15) is 5.56 Å². The lowest BCUT2D eigenvalue weighted by atomic mass is 10.1. The first-order valence-electron chi connectivity index (χ1n) is 11.9. The summed E-state index contributed by atoms with van der Waals surface area (Å²) in [7, 11) is 0. The first-order valence-corrected chi connectivity index (χ1v) is 12.7. The minimum absolute atomic E-state index is 0.185. The Balaban J connectivity index is 1.31. The SMILES string of the molecule is O=c1ccc2cnc(Nc3ccc(N4CCNCC4)c(F)c3)nc2n1Cc1cnsc1-c1ccncc1. The zero-order valence-corrected chi connectivity index (χ0v) is 20.6. The van der Waals surface area contributed by atoms with Crippen LogP contribution in [0.2, 0.25) is 0 Å². The Morgan fingerprint density at radius 2 is 1.89 bits per heavy atom. The topological polar surface area (TPSA) is 101 Å². The van der Waals surface area contributed by atoms with Gasteiger partial charge in [-0.05, 0) is 53.5 Å². The smallest absolute Gasteiger partial charge is 0.252 e. The maximum atomic E-state index is 14.9. The van der Waals surface area contributed by atoms with E-state index in [1.807, 2.05) is 23.1 Å². The Morgan fingerprint density at radius 3 is 2.70 bits per heavy atom. The molecule has 1 saturated heterocycles. The van der Waals surface area contributed by atoms with E-state index in [1.165, 1.54) is 23.7 Å². The molecule has 0 radical (unpaired) electrons. The van der Waals surface area contributed by atoms with Crippen LogP contribution in [-0.4, -0.2) is 50.1 Å². The molecule has 4 aromatic heterocycles. The number of anilines is 3. The summed E-state index contributed by atoms with van der Waals surface area (Å²) in [6, 6.07) is 12.1. The van der Waals surface area contributed by atoms with Crippen LogP contribution in [-0.2, 0) is 6.54 Å². The summed E-state index contributed by atoms with van der Waals surface area (Å²) in [6.45, 7) is 3.49. The standard InChI is InChI=1S/C26H23FN8OS/c27-21-13-20(2-3-22(21)34-11-9-29-10-12-34)32-26-30-14-18-1-4-23(36)35(25(18)33-26)16-19-15-31-37-24(19)17-5-7-28-8-6-17/h1-8,13-15,29H,9-12,16H2,(H,30,32,33). The van der Waals surface area contributed by atoms with Crippen molar-refractivity contribution in [2.45, 2.75) is 6.54 Å². The van der Waals surface area contributed by atoms with E-state index in [-0.39, 0.29) is 17.3 Å². The zero-order valence-electron chi connectivity index (χ0n) is 19.8. The molecule has 0 aliphatic carbocycles. The Kier molecular flexibility index (Phi) is 6.29. The summed E-state index contributed by atoms with van der Waals surface area (Å²) >= 11 is 1.37. The molecular weight excluding hydrogens is 491 g/mol. The maximum Gasteiger partial charge on any atom is 0.252 e. The minimum Gasteiger partial charge on any atom is -0.367 e. The maximum absolute atomic E-state index is 14.9. The largest absolute Gasteiger partial charge is 0.367 e. The van der Waals surface area contributed by atoms with Crippen molar-refractivity contribution in [3.63, 3.8) is 0 Å². The zero-order chi connectivity index (χ0) is 25.2. The normalized spacial score (nSPS) is 13.7. The molecule has 0 amide bonds. The van der Waals surface area contributed by atoms with Crippen molar-refractivity contribution in [3.05, 3.63) is 89.0 Å². The number of aromatic nitrogens is 5. The van der Waals surface area contributed by atoms with E-state index in [2.05, 4.69) is 30.0 Å². The molecule has 5 aromatic rings. The fourth-order valence-corrected chi connectivity index (χ4v) is 5.21. The summed E-state index contributed by atoms with van der Waals surface area (Å²) in [5, 5.41) is 7.08. The van der Waals surface area contributed by atoms with Crippen LogP contribution in [0.25, 0.3) is 21.5 Å². The number of pyridine rings is 2. The molecule has 6 rings (SSSR count). The lowest BCUT2D eigenvalue weighted by molar-refractivity contribution is 0.566. The van der Waals surface area contributed by atoms with E-state index >= 15 is 0 Å². The van der Waals surface area contributed by atoms with Crippen LogP contribution < -0.4 is 21.1 Å². The molecule has 0 unspecified atom stereocenters. The van der Waals surface area contributed by atoms with E-state index in [9.17, 15) is 9.18 Å². The fraction of sp³-hybridized carbons (Fsp3) is 0.192. The Morgan fingerprint density at radius 1 is 1.05 bits per heavy atom. The lowest BCUT2D eigenvalue weighted by Gasteiger charge is -2.29. The fourth-order valence-electron chi connectivity index (χ4n) is 4.44. The molecular formula is C26H23FN8OS. The molecule has 2 N–H and O–H groups in total.